The van der Waals surface area contributed by atoms with Gasteiger partial charge in [-0.25, -0.2) is 13.6 Å². The van der Waals surface area contributed by atoms with Crippen molar-refractivity contribution in [2.45, 2.75) is 38.6 Å². The molecule has 9 heteroatoms. The number of nitrogens with one attached hydrogen (secondary N) is 1. The second-order valence-electron chi connectivity index (χ2n) is 5.84. The summed E-state index contributed by atoms with van der Waals surface area (Å²) in [5.41, 5.74) is -1.82. The number of ether oxygens (including phenoxy) is 2. The van der Waals surface area contributed by atoms with Gasteiger partial charge in [0.25, 0.3) is 0 Å². The van der Waals surface area contributed by atoms with Gasteiger partial charge in [-0.3, -0.25) is 0 Å². The van der Waals surface area contributed by atoms with Crippen LogP contribution in [0.5, 0.6) is 5.75 Å². The molecule has 1 aromatic rings. The highest BCUT2D eigenvalue weighted by atomic mass is 19.4. The Balaban J connectivity index is 3.03. The third kappa shape index (κ3) is 6.21. The zero-order valence-electron chi connectivity index (χ0n) is 13.3. The molecule has 0 aliphatic carbocycles. The second kappa shape index (κ2) is 7.67. The quantitative estimate of drug-likeness (QED) is 0.801. The van der Waals surface area contributed by atoms with E-state index < -0.39 is 42.0 Å². The molecule has 136 valence electrons. The largest absolute Gasteiger partial charge is 0.491 e. The van der Waals surface area contributed by atoms with E-state index in [4.69, 9.17) is 9.47 Å². The molecule has 0 aromatic heterocycles. The topological polar surface area (TPSA) is 47.6 Å². The lowest BCUT2D eigenvalue weighted by Crippen LogP contribution is -2.41. The highest BCUT2D eigenvalue weighted by molar-refractivity contribution is 5.68. The van der Waals surface area contributed by atoms with Crippen molar-refractivity contribution in [3.63, 3.8) is 0 Å². The SMILES string of the molecule is CC(C)(C)OC(=O)N[C@H](c1ccc(OCCF)cc1F)C(F)(F)F. The average molecular weight is 355 g/mol. The molecule has 24 heavy (non-hydrogen) atoms. The Morgan fingerprint density at radius 1 is 1.25 bits per heavy atom. The first-order valence-electron chi connectivity index (χ1n) is 6.98. The summed E-state index contributed by atoms with van der Waals surface area (Å²) >= 11 is 0. The smallest absolute Gasteiger partial charge is 0.413 e. The highest BCUT2D eigenvalue weighted by Crippen LogP contribution is 2.35. The zero-order valence-corrected chi connectivity index (χ0v) is 13.3. The first kappa shape index (κ1) is 20.0. The molecule has 1 amide bonds. The van der Waals surface area contributed by atoms with Crippen molar-refractivity contribution in [3.05, 3.63) is 29.6 Å². The summed E-state index contributed by atoms with van der Waals surface area (Å²) in [5.74, 6) is -1.36. The van der Waals surface area contributed by atoms with Gasteiger partial charge in [-0.2, -0.15) is 13.2 Å². The summed E-state index contributed by atoms with van der Waals surface area (Å²) in [6.45, 7) is 3.26. The Kier molecular flexibility index (Phi) is 6.39. The van der Waals surface area contributed by atoms with Crippen molar-refractivity contribution in [1.29, 1.82) is 0 Å². The zero-order chi connectivity index (χ0) is 18.5. The minimum absolute atomic E-state index is 0.118. The van der Waals surface area contributed by atoms with E-state index in [-0.39, 0.29) is 12.4 Å². The van der Waals surface area contributed by atoms with E-state index in [1.807, 2.05) is 0 Å². The van der Waals surface area contributed by atoms with E-state index in [2.05, 4.69) is 0 Å². The standard InChI is InChI=1S/C15H18F5NO3/c1-14(2,3)24-13(22)21-12(15(18,19)20)10-5-4-9(8-11(10)17)23-7-6-16/h4-5,8,12H,6-7H2,1-3H3,(H,21,22)/t12-/m1/s1. The number of carbonyl (C=O) groups excluding carboxylic acids is 1. The van der Waals surface area contributed by atoms with Crippen molar-refractivity contribution in [3.8, 4) is 5.75 Å². The van der Waals surface area contributed by atoms with Gasteiger partial charge in [0.1, 0.15) is 30.4 Å². The van der Waals surface area contributed by atoms with Gasteiger partial charge in [0.15, 0.2) is 6.04 Å². The molecule has 4 nitrogen and oxygen atoms in total. The molecule has 0 aliphatic rings. The lowest BCUT2D eigenvalue weighted by atomic mass is 10.1. The summed E-state index contributed by atoms with van der Waals surface area (Å²) < 4.78 is 75.0. The first-order chi connectivity index (χ1) is 10.9. The molecular weight excluding hydrogens is 337 g/mol. The molecule has 0 bridgehead atoms. The number of carbonyl (C=O) groups is 1. The number of alkyl carbamates (subject to hydrolysis) is 1. The van der Waals surface area contributed by atoms with Gasteiger partial charge in [0.05, 0.1) is 0 Å². The third-order valence-electron chi connectivity index (χ3n) is 2.62. The van der Waals surface area contributed by atoms with Crippen LogP contribution in [0.1, 0.15) is 32.4 Å². The van der Waals surface area contributed by atoms with Crippen molar-refractivity contribution < 1.29 is 36.2 Å². The van der Waals surface area contributed by atoms with Gasteiger partial charge in [-0.1, -0.05) is 6.07 Å². The molecule has 0 fully saturated rings. The minimum atomic E-state index is -4.95. The molecule has 1 rings (SSSR count). The maximum atomic E-state index is 14.0. The van der Waals surface area contributed by atoms with Crippen LogP contribution in [0.3, 0.4) is 0 Å². The normalized spacial score (nSPS) is 13.3. The van der Waals surface area contributed by atoms with Gasteiger partial charge in [0.2, 0.25) is 0 Å². The van der Waals surface area contributed by atoms with Crippen LogP contribution in [0.25, 0.3) is 0 Å². The predicted molar refractivity (Wildman–Crippen MR) is 76.0 cm³/mol. The van der Waals surface area contributed by atoms with Gasteiger partial charge in [-0.15, -0.1) is 0 Å². The fourth-order valence-electron chi connectivity index (χ4n) is 1.75. The summed E-state index contributed by atoms with van der Waals surface area (Å²) in [4.78, 5) is 11.6. The number of alkyl halides is 4. The van der Waals surface area contributed by atoms with Crippen molar-refractivity contribution in [2.75, 3.05) is 13.3 Å². The Bertz CT molecular complexity index is 569. The van der Waals surface area contributed by atoms with Crippen LogP contribution >= 0.6 is 0 Å². The molecule has 0 aliphatic heterocycles. The van der Waals surface area contributed by atoms with E-state index >= 15 is 0 Å². The minimum Gasteiger partial charge on any atom is -0.491 e. The number of halogens is 5. The van der Waals surface area contributed by atoms with E-state index in [1.54, 1.807) is 5.32 Å². The molecule has 0 unspecified atom stereocenters. The van der Waals surface area contributed by atoms with Crippen molar-refractivity contribution in [1.82, 2.24) is 5.32 Å². The van der Waals surface area contributed by atoms with Gasteiger partial charge < -0.3 is 14.8 Å². The van der Waals surface area contributed by atoms with E-state index in [1.165, 1.54) is 20.8 Å². The monoisotopic (exact) mass is 355 g/mol. The highest BCUT2D eigenvalue weighted by Gasteiger charge is 2.44. The molecule has 0 spiro atoms. The van der Waals surface area contributed by atoms with E-state index in [0.717, 1.165) is 12.1 Å². The van der Waals surface area contributed by atoms with Crippen LogP contribution in [0.15, 0.2) is 18.2 Å². The molecule has 1 aromatic carbocycles. The molecule has 0 saturated carbocycles. The fraction of sp³-hybridized carbons (Fsp3) is 0.533. The molecule has 0 heterocycles. The maximum Gasteiger partial charge on any atom is 0.413 e. The number of rotatable bonds is 5. The van der Waals surface area contributed by atoms with Crippen LogP contribution in [-0.4, -0.2) is 31.2 Å². The third-order valence-corrected chi connectivity index (χ3v) is 2.62. The van der Waals surface area contributed by atoms with E-state index in [0.29, 0.717) is 6.07 Å². The van der Waals surface area contributed by atoms with Crippen LogP contribution in [0, 0.1) is 5.82 Å². The van der Waals surface area contributed by atoms with Gasteiger partial charge in [-0.05, 0) is 26.8 Å². The summed E-state index contributed by atoms with van der Waals surface area (Å²) in [6, 6.07) is -0.0229. The van der Waals surface area contributed by atoms with Crippen LogP contribution < -0.4 is 10.1 Å². The summed E-state index contributed by atoms with van der Waals surface area (Å²) in [5, 5.41) is 1.61. The van der Waals surface area contributed by atoms with Crippen LogP contribution in [0.4, 0.5) is 26.7 Å². The van der Waals surface area contributed by atoms with Gasteiger partial charge in [0, 0.05) is 11.6 Å². The molecule has 0 saturated heterocycles. The second-order valence-corrected chi connectivity index (χ2v) is 5.84. The molecular formula is C15H18F5NO3. The molecule has 1 N–H and O–H groups in total. The van der Waals surface area contributed by atoms with Crippen molar-refractivity contribution >= 4 is 6.09 Å². The molecule has 1 atom stereocenters. The number of hydrogen-bond donors (Lipinski definition) is 1. The molecule has 0 radical (unpaired) electrons. The number of amides is 1. The van der Waals surface area contributed by atoms with Crippen LogP contribution in [-0.2, 0) is 4.74 Å². The van der Waals surface area contributed by atoms with E-state index in [9.17, 15) is 26.7 Å². The Labute approximate surface area is 135 Å². The summed E-state index contributed by atoms with van der Waals surface area (Å²) in [6.07, 6.45) is -6.28. The lowest BCUT2D eigenvalue weighted by Gasteiger charge is -2.25. The number of hydrogen-bond acceptors (Lipinski definition) is 3. The van der Waals surface area contributed by atoms with Gasteiger partial charge >= 0.3 is 12.3 Å². The predicted octanol–water partition coefficient (Wildman–Crippen LogP) is 4.30. The lowest BCUT2D eigenvalue weighted by molar-refractivity contribution is -0.157. The fourth-order valence-corrected chi connectivity index (χ4v) is 1.75. The van der Waals surface area contributed by atoms with Crippen molar-refractivity contribution in [2.24, 2.45) is 0 Å². The average Bonchev–Trinajstić information content (AvgIpc) is 2.40. The Hall–Kier alpha value is -2.06. The number of benzene rings is 1. The Morgan fingerprint density at radius 3 is 2.33 bits per heavy atom. The summed E-state index contributed by atoms with van der Waals surface area (Å²) in [7, 11) is 0. The maximum absolute atomic E-state index is 14.0. The van der Waals surface area contributed by atoms with Crippen LogP contribution in [0.2, 0.25) is 0 Å². The Morgan fingerprint density at radius 2 is 1.88 bits per heavy atom. The first-order valence-corrected chi connectivity index (χ1v) is 6.98.